The molecule has 0 aromatic heterocycles. The highest BCUT2D eigenvalue weighted by Gasteiger charge is 2.51. The van der Waals surface area contributed by atoms with Crippen LogP contribution in [0.1, 0.15) is 45.7 Å². The molecule has 23 heavy (non-hydrogen) atoms. The number of hydrogen-bond acceptors (Lipinski definition) is 4. The molecule has 2 aliphatic rings. The summed E-state index contributed by atoms with van der Waals surface area (Å²) < 4.78 is 18.1. The summed E-state index contributed by atoms with van der Waals surface area (Å²) in [6.07, 6.45) is 1.01. The molecule has 1 unspecified atom stereocenters. The number of halogens is 1. The maximum absolute atomic E-state index is 6.16. The van der Waals surface area contributed by atoms with Crippen LogP contribution in [0.3, 0.4) is 0 Å². The van der Waals surface area contributed by atoms with Crippen LogP contribution < -0.4 is 10.2 Å². The fourth-order valence-corrected chi connectivity index (χ4v) is 3.06. The Kier molecular flexibility index (Phi) is 5.08. The monoisotopic (exact) mass is 339 g/mol. The number of nitrogens with zero attached hydrogens (tertiary/aromatic N) is 1. The number of fused-ring (bicyclic) bond motifs is 1. The van der Waals surface area contributed by atoms with Gasteiger partial charge < -0.3 is 18.9 Å². The molecule has 3 rings (SSSR count). The first-order valence-electron chi connectivity index (χ1n) is 8.00. The quantitative estimate of drug-likeness (QED) is 0.775. The molecule has 2 aliphatic heterocycles. The van der Waals surface area contributed by atoms with Gasteiger partial charge in [0.1, 0.15) is 5.75 Å². The Hall–Kier alpha value is -0.745. The van der Waals surface area contributed by atoms with Crippen molar-refractivity contribution in [3.05, 3.63) is 23.8 Å². The fraction of sp³-hybridized carbons (Fsp3) is 0.647. The van der Waals surface area contributed by atoms with Crippen LogP contribution in [0.5, 0.6) is 5.75 Å². The number of benzene rings is 1. The summed E-state index contributed by atoms with van der Waals surface area (Å²) in [6, 6.07) is 6.66. The topological polar surface area (TPSA) is 30.9 Å². The molecule has 2 heterocycles. The van der Waals surface area contributed by atoms with Crippen LogP contribution in [-0.4, -0.2) is 43.9 Å². The predicted octanol–water partition coefficient (Wildman–Crippen LogP) is 2.79. The van der Waals surface area contributed by atoms with Gasteiger partial charge in [0, 0.05) is 18.0 Å². The van der Waals surface area contributed by atoms with E-state index >= 15 is 0 Å². The number of hydrogen-bond donors (Lipinski definition) is 0. The summed E-state index contributed by atoms with van der Waals surface area (Å²) in [5.74, 6) is 0.977. The third-order valence-corrected chi connectivity index (χ3v) is 5.19. The Morgan fingerprint density at radius 3 is 2.26 bits per heavy atom. The lowest BCUT2D eigenvalue weighted by Gasteiger charge is -2.32. The maximum Gasteiger partial charge on any atom is 0.494 e. The molecule has 6 heteroatoms. The highest BCUT2D eigenvalue weighted by Crippen LogP contribution is 2.38. The molecule has 1 aromatic carbocycles. The van der Waals surface area contributed by atoms with Gasteiger partial charge in [-0.3, -0.25) is 0 Å². The van der Waals surface area contributed by atoms with Crippen LogP contribution in [-0.2, 0) is 9.31 Å². The second-order valence-corrected chi connectivity index (χ2v) is 7.50. The van der Waals surface area contributed by atoms with Gasteiger partial charge in [0.15, 0.2) is 0 Å². The third-order valence-electron chi connectivity index (χ3n) is 5.19. The van der Waals surface area contributed by atoms with Gasteiger partial charge in [-0.25, -0.2) is 0 Å². The van der Waals surface area contributed by atoms with E-state index in [1.54, 1.807) is 0 Å². The van der Waals surface area contributed by atoms with Crippen LogP contribution in [0.25, 0.3) is 0 Å². The van der Waals surface area contributed by atoms with Crippen molar-refractivity contribution in [2.75, 3.05) is 20.7 Å². The summed E-state index contributed by atoms with van der Waals surface area (Å²) >= 11 is 0. The van der Waals surface area contributed by atoms with Gasteiger partial charge in [-0.2, -0.15) is 0 Å². The number of ether oxygens (including phenoxy) is 1. The minimum Gasteiger partial charge on any atom is -0.493 e. The molecule has 0 aliphatic carbocycles. The van der Waals surface area contributed by atoms with Crippen LogP contribution in [0.15, 0.2) is 18.2 Å². The van der Waals surface area contributed by atoms with Gasteiger partial charge in [-0.1, -0.05) is 12.1 Å². The fourth-order valence-electron chi connectivity index (χ4n) is 3.06. The average Bonchev–Trinajstić information content (AvgIpc) is 2.66. The molecule has 1 aromatic rings. The summed E-state index contributed by atoms with van der Waals surface area (Å²) in [5.41, 5.74) is 1.66. The van der Waals surface area contributed by atoms with Crippen LogP contribution in [0.4, 0.5) is 0 Å². The molecule has 0 radical (unpaired) electrons. The Labute approximate surface area is 146 Å². The molecule has 0 bridgehead atoms. The normalized spacial score (nSPS) is 24.8. The van der Waals surface area contributed by atoms with E-state index in [1.807, 2.05) is 6.07 Å². The van der Waals surface area contributed by atoms with E-state index in [-0.39, 0.29) is 30.7 Å². The lowest BCUT2D eigenvalue weighted by atomic mass is 9.77. The Balaban J connectivity index is 0.00000192. The van der Waals surface area contributed by atoms with E-state index in [0.29, 0.717) is 6.04 Å². The summed E-state index contributed by atoms with van der Waals surface area (Å²) in [6.45, 7) is 9.09. The predicted molar refractivity (Wildman–Crippen MR) is 95.9 cm³/mol. The van der Waals surface area contributed by atoms with E-state index in [4.69, 9.17) is 14.0 Å². The zero-order valence-corrected chi connectivity index (χ0v) is 15.7. The van der Waals surface area contributed by atoms with Crippen molar-refractivity contribution in [1.82, 2.24) is 4.90 Å². The zero-order chi connectivity index (χ0) is 16.1. The van der Waals surface area contributed by atoms with Crippen LogP contribution in [0.2, 0.25) is 0 Å². The minimum atomic E-state index is -0.319. The van der Waals surface area contributed by atoms with Gasteiger partial charge in [0.05, 0.1) is 17.8 Å². The second-order valence-electron chi connectivity index (χ2n) is 7.50. The SMILES string of the molecule is CN(C)C1CCOc2ccc(B3OC(C)(C)C(C)(C)O3)cc21.Cl. The van der Waals surface area contributed by atoms with E-state index in [2.05, 4.69) is 58.8 Å². The molecule has 1 saturated heterocycles. The van der Waals surface area contributed by atoms with E-state index < -0.39 is 0 Å². The van der Waals surface area contributed by atoms with Crippen LogP contribution in [0, 0.1) is 0 Å². The summed E-state index contributed by atoms with van der Waals surface area (Å²) in [4.78, 5) is 2.25. The molecule has 0 N–H and O–H groups in total. The maximum atomic E-state index is 6.16. The van der Waals surface area contributed by atoms with Gasteiger partial charge >= 0.3 is 7.12 Å². The summed E-state index contributed by atoms with van der Waals surface area (Å²) in [5, 5.41) is 0. The molecule has 128 valence electrons. The minimum absolute atomic E-state index is 0. The van der Waals surface area contributed by atoms with E-state index in [1.165, 1.54) is 5.56 Å². The van der Waals surface area contributed by atoms with Crippen molar-refractivity contribution in [3.63, 3.8) is 0 Å². The highest BCUT2D eigenvalue weighted by atomic mass is 35.5. The van der Waals surface area contributed by atoms with Gasteiger partial charge in [0.2, 0.25) is 0 Å². The largest absolute Gasteiger partial charge is 0.494 e. The zero-order valence-electron chi connectivity index (χ0n) is 14.9. The number of rotatable bonds is 2. The first-order chi connectivity index (χ1) is 10.2. The van der Waals surface area contributed by atoms with Gasteiger partial charge in [-0.05, 0) is 53.3 Å². The molecule has 0 amide bonds. The first-order valence-corrected chi connectivity index (χ1v) is 8.00. The standard InChI is InChI=1S/C17H26BNO3.ClH/c1-16(2)17(3,4)22-18(21-16)12-7-8-15-13(11-12)14(19(5)6)9-10-20-15;/h7-8,11,14H,9-10H2,1-6H3;1H. The second kappa shape index (κ2) is 6.28. The molecule has 4 nitrogen and oxygen atoms in total. The molecule has 0 spiro atoms. The van der Waals surface area contributed by atoms with Crippen LogP contribution >= 0.6 is 12.4 Å². The lowest BCUT2D eigenvalue weighted by molar-refractivity contribution is 0.00578. The van der Waals surface area contributed by atoms with E-state index in [9.17, 15) is 0 Å². The molecule has 0 saturated carbocycles. The van der Waals surface area contributed by atoms with Crippen molar-refractivity contribution < 1.29 is 14.0 Å². The Morgan fingerprint density at radius 1 is 1.09 bits per heavy atom. The Morgan fingerprint density at radius 2 is 1.70 bits per heavy atom. The lowest BCUT2D eigenvalue weighted by Crippen LogP contribution is -2.41. The van der Waals surface area contributed by atoms with Gasteiger partial charge in [0.25, 0.3) is 0 Å². The van der Waals surface area contributed by atoms with Crippen molar-refractivity contribution >= 4 is 25.0 Å². The molecule has 1 fully saturated rings. The Bertz CT molecular complexity index is 561. The van der Waals surface area contributed by atoms with Crippen molar-refractivity contribution in [1.29, 1.82) is 0 Å². The highest BCUT2D eigenvalue weighted by molar-refractivity contribution is 6.62. The van der Waals surface area contributed by atoms with Crippen molar-refractivity contribution in [2.45, 2.75) is 51.4 Å². The van der Waals surface area contributed by atoms with Crippen molar-refractivity contribution in [3.8, 4) is 5.75 Å². The first kappa shape index (κ1) is 18.6. The van der Waals surface area contributed by atoms with Gasteiger partial charge in [-0.15, -0.1) is 12.4 Å². The molecular weight excluding hydrogens is 312 g/mol. The van der Waals surface area contributed by atoms with Crippen molar-refractivity contribution in [2.24, 2.45) is 0 Å². The molecular formula is C17H27BClNO3. The summed E-state index contributed by atoms with van der Waals surface area (Å²) in [7, 11) is 3.91. The van der Waals surface area contributed by atoms with E-state index in [0.717, 1.165) is 24.2 Å². The third kappa shape index (κ3) is 3.25. The average molecular weight is 340 g/mol. The molecule has 1 atom stereocenters. The smallest absolute Gasteiger partial charge is 0.493 e.